The molecule has 1 fully saturated rings. The lowest BCUT2D eigenvalue weighted by Crippen LogP contribution is -2.47. The van der Waals surface area contributed by atoms with Gasteiger partial charge in [0.1, 0.15) is 5.82 Å². The predicted octanol–water partition coefficient (Wildman–Crippen LogP) is 1.03. The zero-order chi connectivity index (χ0) is 16.1. The van der Waals surface area contributed by atoms with Crippen LogP contribution < -0.4 is 4.90 Å². The standard InChI is InChI=1S/C16H24N6O/c1-3-22-8-7-17-16(22)13-21-9-10-23-14(12-21)11-20(2)15-5-4-6-18-19-15/h4-8,14H,3,9-13H2,1-2H3/t14-/m0/s1. The number of rotatable bonds is 6. The number of morpholine rings is 1. The van der Waals surface area contributed by atoms with Crippen LogP contribution in [0.4, 0.5) is 5.82 Å². The van der Waals surface area contributed by atoms with Crippen LogP contribution >= 0.6 is 0 Å². The molecule has 0 bridgehead atoms. The summed E-state index contributed by atoms with van der Waals surface area (Å²) >= 11 is 0. The number of likely N-dealkylation sites (N-methyl/N-ethyl adjacent to an activating group) is 1. The van der Waals surface area contributed by atoms with Crippen molar-refractivity contribution in [2.45, 2.75) is 26.1 Å². The highest BCUT2D eigenvalue weighted by atomic mass is 16.5. The second-order valence-electron chi connectivity index (χ2n) is 5.82. The van der Waals surface area contributed by atoms with Gasteiger partial charge in [0.15, 0.2) is 5.82 Å². The summed E-state index contributed by atoms with van der Waals surface area (Å²) in [5.41, 5.74) is 0. The number of hydrogen-bond donors (Lipinski definition) is 0. The minimum atomic E-state index is 0.167. The van der Waals surface area contributed by atoms with Gasteiger partial charge < -0.3 is 14.2 Å². The van der Waals surface area contributed by atoms with Gasteiger partial charge in [-0.15, -0.1) is 5.10 Å². The lowest BCUT2D eigenvalue weighted by molar-refractivity contribution is -0.0275. The molecular formula is C16H24N6O. The molecule has 3 heterocycles. The van der Waals surface area contributed by atoms with Crippen LogP contribution in [0.25, 0.3) is 0 Å². The van der Waals surface area contributed by atoms with Gasteiger partial charge >= 0.3 is 0 Å². The molecule has 1 aliphatic heterocycles. The number of hydrogen-bond acceptors (Lipinski definition) is 6. The molecule has 1 saturated heterocycles. The van der Waals surface area contributed by atoms with Crippen molar-refractivity contribution in [3.05, 3.63) is 36.5 Å². The van der Waals surface area contributed by atoms with Crippen molar-refractivity contribution in [2.24, 2.45) is 0 Å². The van der Waals surface area contributed by atoms with Gasteiger partial charge in [-0.25, -0.2) is 4.98 Å². The molecular weight excluding hydrogens is 292 g/mol. The number of imidazole rings is 1. The molecule has 1 atom stereocenters. The van der Waals surface area contributed by atoms with Crippen LogP contribution in [0.1, 0.15) is 12.7 Å². The Balaban J connectivity index is 1.56. The summed E-state index contributed by atoms with van der Waals surface area (Å²) in [5, 5.41) is 8.07. The summed E-state index contributed by atoms with van der Waals surface area (Å²) < 4.78 is 8.11. The van der Waals surface area contributed by atoms with E-state index >= 15 is 0 Å². The van der Waals surface area contributed by atoms with E-state index in [2.05, 4.69) is 36.5 Å². The first-order valence-corrected chi connectivity index (χ1v) is 8.09. The fourth-order valence-electron chi connectivity index (χ4n) is 2.91. The van der Waals surface area contributed by atoms with Crippen molar-refractivity contribution in [1.82, 2.24) is 24.6 Å². The third-order valence-electron chi connectivity index (χ3n) is 4.16. The van der Waals surface area contributed by atoms with Crippen LogP contribution in [-0.2, 0) is 17.8 Å². The van der Waals surface area contributed by atoms with Crippen molar-refractivity contribution in [1.29, 1.82) is 0 Å². The van der Waals surface area contributed by atoms with Crippen molar-refractivity contribution < 1.29 is 4.74 Å². The molecule has 23 heavy (non-hydrogen) atoms. The largest absolute Gasteiger partial charge is 0.374 e. The number of anilines is 1. The molecule has 0 spiro atoms. The molecule has 0 unspecified atom stereocenters. The molecule has 7 heteroatoms. The maximum absolute atomic E-state index is 5.92. The van der Waals surface area contributed by atoms with Crippen molar-refractivity contribution >= 4 is 5.82 Å². The third kappa shape index (κ3) is 4.05. The molecule has 7 nitrogen and oxygen atoms in total. The summed E-state index contributed by atoms with van der Waals surface area (Å²) in [5.74, 6) is 1.99. The summed E-state index contributed by atoms with van der Waals surface area (Å²) in [6, 6.07) is 3.86. The van der Waals surface area contributed by atoms with E-state index in [1.165, 1.54) is 0 Å². The van der Waals surface area contributed by atoms with Gasteiger partial charge in [-0.3, -0.25) is 4.90 Å². The molecule has 124 valence electrons. The summed E-state index contributed by atoms with van der Waals surface area (Å²) in [6.07, 6.45) is 5.76. The normalized spacial score (nSPS) is 19.0. The van der Waals surface area contributed by atoms with E-state index in [0.717, 1.165) is 51.0 Å². The minimum absolute atomic E-state index is 0.167. The van der Waals surface area contributed by atoms with Crippen LogP contribution in [0.15, 0.2) is 30.7 Å². The topological polar surface area (TPSA) is 59.3 Å². The van der Waals surface area contributed by atoms with Crippen LogP contribution in [0.5, 0.6) is 0 Å². The SMILES string of the molecule is CCn1ccnc1CN1CCO[C@@H](CN(C)c2cccnn2)C1. The maximum atomic E-state index is 5.92. The molecule has 0 amide bonds. The van der Waals surface area contributed by atoms with Crippen LogP contribution in [0, 0.1) is 0 Å². The van der Waals surface area contributed by atoms with E-state index in [1.807, 2.05) is 31.6 Å². The lowest BCUT2D eigenvalue weighted by atomic mass is 10.2. The first-order chi connectivity index (χ1) is 11.3. The first-order valence-electron chi connectivity index (χ1n) is 8.09. The van der Waals surface area contributed by atoms with Gasteiger partial charge in [0, 0.05) is 51.8 Å². The molecule has 0 aliphatic carbocycles. The summed E-state index contributed by atoms with van der Waals surface area (Å²) in [4.78, 5) is 8.97. The number of ether oxygens (including phenoxy) is 1. The quantitative estimate of drug-likeness (QED) is 0.793. The minimum Gasteiger partial charge on any atom is -0.374 e. The summed E-state index contributed by atoms with van der Waals surface area (Å²) in [6.45, 7) is 7.38. The Labute approximate surface area is 136 Å². The first kappa shape index (κ1) is 15.9. The smallest absolute Gasteiger partial charge is 0.151 e. The Hall–Kier alpha value is -1.99. The van der Waals surface area contributed by atoms with E-state index in [0.29, 0.717) is 0 Å². The van der Waals surface area contributed by atoms with Crippen LogP contribution in [-0.4, -0.2) is 64.0 Å². The number of aryl methyl sites for hydroxylation is 1. The highest BCUT2D eigenvalue weighted by Gasteiger charge is 2.23. The monoisotopic (exact) mass is 316 g/mol. The number of nitrogens with zero attached hydrogens (tertiary/aromatic N) is 6. The fourth-order valence-corrected chi connectivity index (χ4v) is 2.91. The van der Waals surface area contributed by atoms with Gasteiger partial charge in [-0.05, 0) is 19.1 Å². The number of aromatic nitrogens is 4. The Morgan fingerprint density at radius 2 is 2.30 bits per heavy atom. The molecule has 2 aromatic rings. The highest BCUT2D eigenvalue weighted by Crippen LogP contribution is 2.13. The van der Waals surface area contributed by atoms with Crippen molar-refractivity contribution in [2.75, 3.05) is 38.2 Å². The van der Waals surface area contributed by atoms with Crippen LogP contribution in [0.2, 0.25) is 0 Å². The zero-order valence-corrected chi connectivity index (χ0v) is 13.8. The molecule has 0 saturated carbocycles. The van der Waals surface area contributed by atoms with Crippen molar-refractivity contribution in [3.8, 4) is 0 Å². The Morgan fingerprint density at radius 3 is 3.09 bits per heavy atom. The summed E-state index contributed by atoms with van der Waals surface area (Å²) in [7, 11) is 2.02. The van der Waals surface area contributed by atoms with E-state index in [4.69, 9.17) is 4.74 Å². The van der Waals surface area contributed by atoms with Gasteiger partial charge in [0.2, 0.25) is 0 Å². The highest BCUT2D eigenvalue weighted by molar-refractivity contribution is 5.35. The van der Waals surface area contributed by atoms with Crippen molar-refractivity contribution in [3.63, 3.8) is 0 Å². The Bertz CT molecular complexity index is 602. The van der Waals surface area contributed by atoms with E-state index in [1.54, 1.807) is 6.20 Å². The van der Waals surface area contributed by atoms with Gasteiger partial charge in [-0.1, -0.05) is 0 Å². The second kappa shape index (κ2) is 7.52. The molecule has 0 radical (unpaired) electrons. The maximum Gasteiger partial charge on any atom is 0.151 e. The van der Waals surface area contributed by atoms with E-state index in [9.17, 15) is 0 Å². The Morgan fingerprint density at radius 1 is 1.39 bits per heavy atom. The van der Waals surface area contributed by atoms with Gasteiger partial charge in [0.05, 0.1) is 19.3 Å². The predicted molar refractivity (Wildman–Crippen MR) is 88.2 cm³/mol. The Kier molecular flexibility index (Phi) is 5.19. The second-order valence-corrected chi connectivity index (χ2v) is 5.82. The zero-order valence-electron chi connectivity index (χ0n) is 13.8. The molecule has 3 rings (SSSR count). The fraction of sp³-hybridized carbons (Fsp3) is 0.562. The molecule has 0 aromatic carbocycles. The average molecular weight is 316 g/mol. The van der Waals surface area contributed by atoms with E-state index < -0.39 is 0 Å². The lowest BCUT2D eigenvalue weighted by Gasteiger charge is -2.34. The van der Waals surface area contributed by atoms with E-state index in [-0.39, 0.29) is 6.10 Å². The molecule has 0 N–H and O–H groups in total. The van der Waals surface area contributed by atoms with Crippen LogP contribution in [0.3, 0.4) is 0 Å². The average Bonchev–Trinajstić information content (AvgIpc) is 3.03. The molecule has 2 aromatic heterocycles. The molecule has 1 aliphatic rings. The van der Waals surface area contributed by atoms with Gasteiger partial charge in [0.25, 0.3) is 0 Å². The third-order valence-corrected chi connectivity index (χ3v) is 4.16. The van der Waals surface area contributed by atoms with Gasteiger partial charge in [-0.2, -0.15) is 5.10 Å².